The summed E-state index contributed by atoms with van der Waals surface area (Å²) in [6, 6.07) is 9.39. The van der Waals surface area contributed by atoms with Crippen molar-refractivity contribution in [3.05, 3.63) is 35.4 Å². The molecule has 1 aliphatic rings. The molecule has 1 fully saturated rings. The van der Waals surface area contributed by atoms with Gasteiger partial charge in [-0.05, 0) is 51.0 Å². The van der Waals surface area contributed by atoms with Crippen molar-refractivity contribution in [2.75, 3.05) is 20.1 Å². The van der Waals surface area contributed by atoms with Crippen LogP contribution in [0.1, 0.15) is 36.9 Å². The summed E-state index contributed by atoms with van der Waals surface area (Å²) >= 11 is 0. The molecule has 1 aromatic carbocycles. The largest absolute Gasteiger partial charge is 0.313 e. The molecular formula is C14H22N2. The van der Waals surface area contributed by atoms with Gasteiger partial charge >= 0.3 is 0 Å². The van der Waals surface area contributed by atoms with E-state index in [1.54, 1.807) is 0 Å². The molecule has 2 heteroatoms. The molecule has 0 saturated carbocycles. The molecule has 0 aromatic heterocycles. The van der Waals surface area contributed by atoms with E-state index in [4.69, 9.17) is 0 Å². The van der Waals surface area contributed by atoms with Crippen LogP contribution in [0.15, 0.2) is 24.3 Å². The van der Waals surface area contributed by atoms with Crippen molar-refractivity contribution in [1.29, 1.82) is 0 Å². The second-order valence-electron chi connectivity index (χ2n) is 4.74. The Bertz CT molecular complexity index is 329. The molecule has 1 atom stereocenters. The quantitative estimate of drug-likeness (QED) is 0.835. The van der Waals surface area contributed by atoms with Crippen molar-refractivity contribution in [2.24, 2.45) is 0 Å². The Morgan fingerprint density at radius 2 is 2.06 bits per heavy atom. The van der Waals surface area contributed by atoms with E-state index in [0.717, 1.165) is 6.54 Å². The maximum absolute atomic E-state index is 3.29. The molecule has 16 heavy (non-hydrogen) atoms. The first kappa shape index (κ1) is 11.6. The molecular weight excluding hydrogens is 196 g/mol. The van der Waals surface area contributed by atoms with Crippen molar-refractivity contribution in [3.8, 4) is 0 Å². The molecule has 1 saturated heterocycles. The number of nitrogens with zero attached hydrogens (tertiary/aromatic N) is 1. The molecule has 1 unspecified atom stereocenters. The molecule has 2 rings (SSSR count). The Kier molecular flexibility index (Phi) is 3.97. The normalized spacial score (nSPS) is 18.9. The first-order chi connectivity index (χ1) is 7.79. The van der Waals surface area contributed by atoms with E-state index in [0.29, 0.717) is 6.04 Å². The Hall–Kier alpha value is -0.860. The molecule has 0 spiro atoms. The Balaban J connectivity index is 2.03. The third kappa shape index (κ3) is 2.83. The first-order valence-corrected chi connectivity index (χ1v) is 6.28. The van der Waals surface area contributed by atoms with Gasteiger partial charge in [-0.15, -0.1) is 0 Å². The van der Waals surface area contributed by atoms with E-state index >= 15 is 0 Å². The van der Waals surface area contributed by atoms with Crippen LogP contribution >= 0.6 is 0 Å². The highest BCUT2D eigenvalue weighted by Crippen LogP contribution is 2.17. The predicted octanol–water partition coefficient (Wildman–Crippen LogP) is 2.56. The van der Waals surface area contributed by atoms with E-state index in [9.17, 15) is 0 Å². The van der Waals surface area contributed by atoms with Crippen molar-refractivity contribution in [2.45, 2.75) is 32.4 Å². The van der Waals surface area contributed by atoms with Gasteiger partial charge in [0.1, 0.15) is 0 Å². The van der Waals surface area contributed by atoms with Crippen molar-refractivity contribution < 1.29 is 0 Å². The fourth-order valence-corrected chi connectivity index (χ4v) is 2.33. The summed E-state index contributed by atoms with van der Waals surface area (Å²) < 4.78 is 0. The summed E-state index contributed by atoms with van der Waals surface area (Å²) in [6.07, 6.45) is 2.74. The van der Waals surface area contributed by atoms with Crippen molar-refractivity contribution >= 4 is 0 Å². The van der Waals surface area contributed by atoms with Gasteiger partial charge in [0.05, 0.1) is 0 Å². The topological polar surface area (TPSA) is 15.3 Å². The fourth-order valence-electron chi connectivity index (χ4n) is 2.33. The summed E-state index contributed by atoms with van der Waals surface area (Å²) in [4.78, 5) is 2.54. The van der Waals surface area contributed by atoms with Crippen LogP contribution in [-0.4, -0.2) is 25.0 Å². The van der Waals surface area contributed by atoms with Crippen LogP contribution in [0.25, 0.3) is 0 Å². The van der Waals surface area contributed by atoms with Gasteiger partial charge in [0.2, 0.25) is 0 Å². The van der Waals surface area contributed by atoms with Crippen LogP contribution in [0.3, 0.4) is 0 Å². The van der Waals surface area contributed by atoms with Gasteiger partial charge in [-0.1, -0.05) is 24.3 Å². The average molecular weight is 218 g/mol. The molecule has 0 aliphatic carbocycles. The molecule has 88 valence electrons. The fraction of sp³-hybridized carbons (Fsp3) is 0.571. The monoisotopic (exact) mass is 218 g/mol. The lowest BCUT2D eigenvalue weighted by Gasteiger charge is -2.16. The number of benzene rings is 1. The lowest BCUT2D eigenvalue weighted by atomic mass is 10.1. The lowest BCUT2D eigenvalue weighted by molar-refractivity contribution is 0.331. The zero-order valence-corrected chi connectivity index (χ0v) is 10.4. The Labute approximate surface area is 98.7 Å². The summed E-state index contributed by atoms with van der Waals surface area (Å²) in [7, 11) is 2.01. The second-order valence-corrected chi connectivity index (χ2v) is 4.74. The van der Waals surface area contributed by atoms with Gasteiger partial charge in [0, 0.05) is 12.6 Å². The molecule has 0 radical (unpaired) electrons. The maximum Gasteiger partial charge on any atom is 0.0289 e. The van der Waals surface area contributed by atoms with Gasteiger partial charge in [0.25, 0.3) is 0 Å². The Morgan fingerprint density at radius 3 is 2.75 bits per heavy atom. The number of nitrogens with one attached hydrogen (secondary N) is 1. The second kappa shape index (κ2) is 5.46. The van der Waals surface area contributed by atoms with E-state index in [1.165, 1.54) is 37.1 Å². The number of rotatable bonds is 4. The lowest BCUT2D eigenvalue weighted by Crippen LogP contribution is -2.19. The summed E-state index contributed by atoms with van der Waals surface area (Å²) in [6.45, 7) is 5.86. The van der Waals surface area contributed by atoms with Crippen LogP contribution in [0, 0.1) is 0 Å². The average Bonchev–Trinajstić information content (AvgIpc) is 2.81. The highest BCUT2D eigenvalue weighted by molar-refractivity contribution is 5.25. The van der Waals surface area contributed by atoms with E-state index in [1.807, 2.05) is 7.05 Å². The maximum atomic E-state index is 3.29. The van der Waals surface area contributed by atoms with Gasteiger partial charge < -0.3 is 5.32 Å². The van der Waals surface area contributed by atoms with Crippen molar-refractivity contribution in [1.82, 2.24) is 10.2 Å². The van der Waals surface area contributed by atoms with Gasteiger partial charge in [-0.25, -0.2) is 0 Å². The Morgan fingerprint density at radius 1 is 1.31 bits per heavy atom. The summed E-state index contributed by atoms with van der Waals surface area (Å²) in [5.41, 5.74) is 2.83. The van der Waals surface area contributed by atoms with Crippen LogP contribution in [-0.2, 0) is 6.54 Å². The predicted molar refractivity (Wildman–Crippen MR) is 68.4 cm³/mol. The standard InChI is InChI=1S/C14H22N2/c1-12(15-2)14-7-5-6-13(10-14)11-16-8-3-4-9-16/h5-7,10,12,15H,3-4,8-9,11H2,1-2H3. The van der Waals surface area contributed by atoms with Gasteiger partial charge in [-0.2, -0.15) is 0 Å². The zero-order chi connectivity index (χ0) is 11.4. The molecule has 1 aromatic rings. The minimum atomic E-state index is 0.443. The third-order valence-electron chi connectivity index (χ3n) is 3.49. The smallest absolute Gasteiger partial charge is 0.0289 e. The molecule has 0 amide bonds. The van der Waals surface area contributed by atoms with Gasteiger partial charge in [-0.3, -0.25) is 4.90 Å². The molecule has 1 heterocycles. The number of likely N-dealkylation sites (tertiary alicyclic amines) is 1. The SMILES string of the molecule is CNC(C)c1cccc(CN2CCCC2)c1. The van der Waals surface area contributed by atoms with Gasteiger partial charge in [0.15, 0.2) is 0 Å². The summed E-state index contributed by atoms with van der Waals surface area (Å²) in [5.74, 6) is 0. The summed E-state index contributed by atoms with van der Waals surface area (Å²) in [5, 5.41) is 3.29. The number of hydrogen-bond donors (Lipinski definition) is 1. The van der Waals surface area contributed by atoms with Crippen LogP contribution < -0.4 is 5.32 Å². The molecule has 1 aliphatic heterocycles. The van der Waals surface area contributed by atoms with Crippen LogP contribution in [0.2, 0.25) is 0 Å². The molecule has 0 bridgehead atoms. The van der Waals surface area contributed by atoms with Crippen LogP contribution in [0.4, 0.5) is 0 Å². The molecule has 2 nitrogen and oxygen atoms in total. The van der Waals surface area contributed by atoms with E-state index in [-0.39, 0.29) is 0 Å². The number of hydrogen-bond acceptors (Lipinski definition) is 2. The highest BCUT2D eigenvalue weighted by atomic mass is 15.1. The first-order valence-electron chi connectivity index (χ1n) is 6.28. The minimum absolute atomic E-state index is 0.443. The third-order valence-corrected chi connectivity index (χ3v) is 3.49. The van der Waals surface area contributed by atoms with Crippen LogP contribution in [0.5, 0.6) is 0 Å². The van der Waals surface area contributed by atoms with E-state index in [2.05, 4.69) is 41.4 Å². The molecule has 1 N–H and O–H groups in total. The van der Waals surface area contributed by atoms with Crippen molar-refractivity contribution in [3.63, 3.8) is 0 Å². The minimum Gasteiger partial charge on any atom is -0.313 e. The van der Waals surface area contributed by atoms with E-state index < -0.39 is 0 Å². The zero-order valence-electron chi connectivity index (χ0n) is 10.4. The highest BCUT2D eigenvalue weighted by Gasteiger charge is 2.12.